The maximum absolute atomic E-state index is 13.8. The third kappa shape index (κ3) is 4.31. The van der Waals surface area contributed by atoms with Gasteiger partial charge in [-0.15, -0.1) is 0 Å². The molecule has 9 nitrogen and oxygen atoms in total. The highest BCUT2D eigenvalue weighted by Crippen LogP contribution is 2.40. The van der Waals surface area contributed by atoms with E-state index in [0.717, 1.165) is 16.3 Å². The van der Waals surface area contributed by atoms with Gasteiger partial charge in [0.15, 0.2) is 5.69 Å². The molecule has 36 heavy (non-hydrogen) atoms. The first-order valence-corrected chi connectivity index (χ1v) is 11.6. The van der Waals surface area contributed by atoms with Gasteiger partial charge in [-0.1, -0.05) is 36.0 Å². The van der Waals surface area contributed by atoms with Crippen molar-refractivity contribution < 1.29 is 33.3 Å². The van der Waals surface area contributed by atoms with E-state index < -0.39 is 23.1 Å². The molecular formula is C26H24N2O7S. The van der Waals surface area contributed by atoms with E-state index in [-0.39, 0.29) is 21.6 Å². The molecule has 0 aliphatic carbocycles. The Balaban J connectivity index is 2.04. The fourth-order valence-electron chi connectivity index (χ4n) is 3.93. The highest BCUT2D eigenvalue weighted by molar-refractivity contribution is 8.10. The molecule has 0 amide bonds. The van der Waals surface area contributed by atoms with Crippen LogP contribution >= 0.6 is 11.8 Å². The quantitative estimate of drug-likeness (QED) is 0.499. The SMILES string of the molecule is COC(=O)C1=c2/c(=C/c3ccc(OC)cc3)c(N)c(C(=O)OC)n2C(=O)[C@@H](c2ccc(OC)cc2)S1. The Kier molecular flexibility index (Phi) is 7.07. The number of nitrogen functional groups attached to an aromatic ring is 1. The van der Waals surface area contributed by atoms with Gasteiger partial charge in [0, 0.05) is 5.22 Å². The van der Waals surface area contributed by atoms with Gasteiger partial charge in [-0.05, 0) is 41.5 Å². The number of fused-ring (bicyclic) bond motifs is 1. The fourth-order valence-corrected chi connectivity index (χ4v) is 5.16. The Bertz CT molecular complexity index is 1460. The maximum atomic E-state index is 13.8. The number of hydrogen-bond acceptors (Lipinski definition) is 9. The first kappa shape index (κ1) is 24.9. The van der Waals surface area contributed by atoms with Crippen molar-refractivity contribution in [2.24, 2.45) is 0 Å². The molecule has 3 aromatic rings. The lowest BCUT2D eigenvalue weighted by Crippen LogP contribution is -2.42. The van der Waals surface area contributed by atoms with E-state index in [0.29, 0.717) is 27.8 Å². The summed E-state index contributed by atoms with van der Waals surface area (Å²) < 4.78 is 21.6. The number of aromatic nitrogens is 1. The van der Waals surface area contributed by atoms with E-state index >= 15 is 0 Å². The van der Waals surface area contributed by atoms with E-state index in [2.05, 4.69) is 0 Å². The van der Waals surface area contributed by atoms with Crippen molar-refractivity contribution in [2.75, 3.05) is 34.2 Å². The molecule has 4 rings (SSSR count). The van der Waals surface area contributed by atoms with E-state index in [1.54, 1.807) is 61.7 Å². The summed E-state index contributed by atoms with van der Waals surface area (Å²) >= 11 is 1.04. The van der Waals surface area contributed by atoms with E-state index in [9.17, 15) is 14.4 Å². The third-order valence-electron chi connectivity index (χ3n) is 5.74. The van der Waals surface area contributed by atoms with Crippen LogP contribution in [0.3, 0.4) is 0 Å². The van der Waals surface area contributed by atoms with Crippen LogP contribution in [-0.2, 0) is 14.3 Å². The Hall–Kier alpha value is -4.18. The van der Waals surface area contributed by atoms with Crippen LogP contribution in [0.15, 0.2) is 48.5 Å². The molecule has 1 aliphatic heterocycles. The van der Waals surface area contributed by atoms with Gasteiger partial charge in [0.05, 0.1) is 39.5 Å². The van der Waals surface area contributed by atoms with Crippen LogP contribution in [0.5, 0.6) is 11.5 Å². The highest BCUT2D eigenvalue weighted by Gasteiger charge is 2.38. The molecule has 0 spiro atoms. The number of methoxy groups -OCH3 is 4. The van der Waals surface area contributed by atoms with Crippen molar-refractivity contribution in [1.29, 1.82) is 0 Å². The van der Waals surface area contributed by atoms with Gasteiger partial charge in [-0.3, -0.25) is 9.36 Å². The number of esters is 2. The van der Waals surface area contributed by atoms with Gasteiger partial charge in [0.25, 0.3) is 0 Å². The minimum Gasteiger partial charge on any atom is -0.497 e. The minimum atomic E-state index is -0.846. The minimum absolute atomic E-state index is 0.0124. The zero-order valence-corrected chi connectivity index (χ0v) is 20.9. The molecule has 1 aromatic heterocycles. The van der Waals surface area contributed by atoms with Crippen LogP contribution in [-0.4, -0.2) is 50.9 Å². The number of nitrogens with zero attached hydrogens (tertiary/aromatic N) is 1. The van der Waals surface area contributed by atoms with Crippen LogP contribution in [0, 0.1) is 0 Å². The largest absolute Gasteiger partial charge is 0.497 e. The summed E-state index contributed by atoms with van der Waals surface area (Å²) in [7, 11) is 5.54. The average molecular weight is 509 g/mol. The van der Waals surface area contributed by atoms with Crippen molar-refractivity contribution in [3.05, 3.63) is 75.9 Å². The summed E-state index contributed by atoms with van der Waals surface area (Å²) in [6, 6.07) is 14.0. The molecule has 0 radical (unpaired) electrons. The number of nitrogens with two attached hydrogens (primary N) is 1. The maximum Gasteiger partial charge on any atom is 0.357 e. The first-order valence-electron chi connectivity index (χ1n) is 10.8. The second-order valence-electron chi connectivity index (χ2n) is 7.70. The number of carbonyl (C=O) groups is 3. The van der Waals surface area contributed by atoms with Gasteiger partial charge < -0.3 is 24.7 Å². The lowest BCUT2D eigenvalue weighted by molar-refractivity contribution is -0.133. The van der Waals surface area contributed by atoms with Crippen molar-refractivity contribution in [3.8, 4) is 11.5 Å². The van der Waals surface area contributed by atoms with E-state index in [1.807, 2.05) is 0 Å². The number of rotatable bonds is 6. The predicted octanol–water partition coefficient (Wildman–Crippen LogP) is 2.11. The van der Waals surface area contributed by atoms with Gasteiger partial charge in [0.2, 0.25) is 5.91 Å². The zero-order chi connectivity index (χ0) is 26.0. The molecule has 1 atom stereocenters. The Morgan fingerprint density at radius 1 is 0.889 bits per heavy atom. The van der Waals surface area contributed by atoms with Crippen LogP contribution in [0.1, 0.15) is 31.7 Å². The lowest BCUT2D eigenvalue weighted by atomic mass is 10.1. The smallest absolute Gasteiger partial charge is 0.357 e. The first-order chi connectivity index (χ1) is 17.3. The standard InChI is InChI=1S/C26H24N2O7S/c1-32-16-9-5-14(6-10-16)13-18-19(27)21(25(30)34-3)28-20(18)23(26(31)35-4)36-22(24(28)29)15-7-11-17(33-2)12-8-15/h5-13,22H,27H2,1-4H3/b18-13+/t22-/m1/s1. The lowest BCUT2D eigenvalue weighted by Gasteiger charge is -2.23. The molecule has 2 heterocycles. The molecular weight excluding hydrogens is 484 g/mol. The molecule has 0 bridgehead atoms. The van der Waals surface area contributed by atoms with Crippen molar-refractivity contribution in [1.82, 2.24) is 4.57 Å². The van der Waals surface area contributed by atoms with Gasteiger partial charge in [-0.25, -0.2) is 9.59 Å². The normalized spacial score (nSPS) is 15.3. The number of carbonyl (C=O) groups excluding carboxylic acids is 3. The Morgan fingerprint density at radius 3 is 1.97 bits per heavy atom. The average Bonchev–Trinajstić information content (AvgIpc) is 3.20. The monoisotopic (exact) mass is 508 g/mol. The molecule has 2 N–H and O–H groups in total. The molecule has 2 aromatic carbocycles. The van der Waals surface area contributed by atoms with Gasteiger partial charge in [-0.2, -0.15) is 0 Å². The second-order valence-corrected chi connectivity index (χ2v) is 8.81. The number of thioether (sulfide) groups is 1. The highest BCUT2D eigenvalue weighted by atomic mass is 32.2. The molecule has 10 heteroatoms. The number of anilines is 1. The van der Waals surface area contributed by atoms with E-state index in [4.69, 9.17) is 24.7 Å². The Labute approximate surface area is 211 Å². The van der Waals surface area contributed by atoms with Crippen LogP contribution in [0.25, 0.3) is 11.0 Å². The van der Waals surface area contributed by atoms with Crippen LogP contribution < -0.4 is 25.8 Å². The topological polar surface area (TPSA) is 119 Å². The Morgan fingerprint density at radius 2 is 1.44 bits per heavy atom. The molecule has 1 aliphatic rings. The van der Waals surface area contributed by atoms with Gasteiger partial charge in [0.1, 0.15) is 21.7 Å². The van der Waals surface area contributed by atoms with Crippen LogP contribution in [0.2, 0.25) is 0 Å². The summed E-state index contributed by atoms with van der Waals surface area (Å²) in [5, 5.41) is -0.341. The summed E-state index contributed by atoms with van der Waals surface area (Å²) in [5.41, 5.74) is 7.62. The molecule has 0 saturated carbocycles. The summed E-state index contributed by atoms with van der Waals surface area (Å²) in [6.07, 6.45) is 1.69. The van der Waals surface area contributed by atoms with Gasteiger partial charge >= 0.3 is 11.9 Å². The van der Waals surface area contributed by atoms with Crippen LogP contribution in [0.4, 0.5) is 5.69 Å². The van der Waals surface area contributed by atoms with Crippen molar-refractivity contribution >= 4 is 46.3 Å². The number of hydrogen-bond donors (Lipinski definition) is 1. The third-order valence-corrected chi connectivity index (χ3v) is 7.04. The summed E-state index contributed by atoms with van der Waals surface area (Å²) in [6.45, 7) is 0. The molecule has 0 saturated heterocycles. The fraction of sp³-hybridized carbons (Fsp3) is 0.192. The number of ether oxygens (including phenoxy) is 4. The number of benzene rings is 2. The zero-order valence-electron chi connectivity index (χ0n) is 20.1. The summed E-state index contributed by atoms with van der Waals surface area (Å²) in [4.78, 5) is 39.7. The van der Waals surface area contributed by atoms with E-state index in [1.165, 1.54) is 21.3 Å². The van der Waals surface area contributed by atoms with Crippen molar-refractivity contribution in [2.45, 2.75) is 5.25 Å². The predicted molar refractivity (Wildman–Crippen MR) is 135 cm³/mol. The second kappa shape index (κ2) is 10.2. The van der Waals surface area contributed by atoms with Crippen molar-refractivity contribution in [3.63, 3.8) is 0 Å². The molecule has 0 unspecified atom stereocenters. The summed E-state index contributed by atoms with van der Waals surface area (Å²) in [5.74, 6) is -0.646. The molecule has 0 fully saturated rings. The molecule has 186 valence electrons.